The molecule has 5 nitrogen and oxygen atoms in total. The van der Waals surface area contributed by atoms with Crippen molar-refractivity contribution in [3.05, 3.63) is 77.4 Å². The van der Waals surface area contributed by atoms with E-state index in [0.29, 0.717) is 30.8 Å². The lowest BCUT2D eigenvalue weighted by Gasteiger charge is -2.16. The highest BCUT2D eigenvalue weighted by molar-refractivity contribution is 7.92. The van der Waals surface area contributed by atoms with Crippen LogP contribution in [0.25, 0.3) is 10.8 Å². The average molecular weight is 380 g/mol. The molecule has 0 bridgehead atoms. The summed E-state index contributed by atoms with van der Waals surface area (Å²) >= 11 is 0. The lowest BCUT2D eigenvalue weighted by Crippen LogP contribution is -2.27. The fourth-order valence-electron chi connectivity index (χ4n) is 3.58. The number of nitrogens with one attached hydrogen (secondary N) is 1. The first-order valence-corrected chi connectivity index (χ1v) is 10.6. The van der Waals surface area contributed by atoms with Gasteiger partial charge in [-0.15, -0.1) is 0 Å². The fraction of sp³-hybridized carbons (Fsp3) is 0.190. The first-order chi connectivity index (χ1) is 12.9. The molecule has 3 aromatic rings. The quantitative estimate of drug-likeness (QED) is 0.756. The second kappa shape index (κ2) is 6.70. The molecule has 1 heterocycles. The van der Waals surface area contributed by atoms with Crippen LogP contribution in [0.4, 0.5) is 5.69 Å². The zero-order chi connectivity index (χ0) is 19.0. The standard InChI is InChI=1S/C21H20N2O3S/c1-27(25,26)23-12-11-16-13-17(9-10-20(16)23)21(24)22-14-18-7-4-6-15-5-2-3-8-19(15)18/h2-10,13H,11-12,14H2,1H3,(H,22,24). The summed E-state index contributed by atoms with van der Waals surface area (Å²) in [7, 11) is -3.28. The van der Waals surface area contributed by atoms with Gasteiger partial charge in [0.15, 0.2) is 0 Å². The van der Waals surface area contributed by atoms with E-state index in [-0.39, 0.29) is 5.91 Å². The van der Waals surface area contributed by atoms with Crippen LogP contribution in [-0.2, 0) is 23.0 Å². The number of amides is 1. The summed E-state index contributed by atoms with van der Waals surface area (Å²) in [6.07, 6.45) is 1.82. The molecule has 138 valence electrons. The number of carbonyl (C=O) groups excluding carboxylic acids is 1. The second-order valence-electron chi connectivity index (χ2n) is 6.75. The summed E-state index contributed by atoms with van der Waals surface area (Å²) in [6.45, 7) is 0.863. The minimum Gasteiger partial charge on any atom is -0.348 e. The van der Waals surface area contributed by atoms with Gasteiger partial charge in [-0.25, -0.2) is 8.42 Å². The second-order valence-corrected chi connectivity index (χ2v) is 8.66. The van der Waals surface area contributed by atoms with Crippen LogP contribution in [0.5, 0.6) is 0 Å². The van der Waals surface area contributed by atoms with Crippen LogP contribution < -0.4 is 9.62 Å². The van der Waals surface area contributed by atoms with Crippen LogP contribution in [0.2, 0.25) is 0 Å². The number of anilines is 1. The third-order valence-electron chi connectivity index (χ3n) is 4.91. The Morgan fingerprint density at radius 2 is 1.85 bits per heavy atom. The van der Waals surface area contributed by atoms with Gasteiger partial charge in [0, 0.05) is 18.7 Å². The number of benzene rings is 3. The molecule has 0 aromatic heterocycles. The number of sulfonamides is 1. The number of hydrogen-bond acceptors (Lipinski definition) is 3. The molecule has 0 saturated heterocycles. The number of rotatable bonds is 4. The van der Waals surface area contributed by atoms with Crippen molar-refractivity contribution in [1.82, 2.24) is 5.32 Å². The zero-order valence-electron chi connectivity index (χ0n) is 15.0. The van der Waals surface area contributed by atoms with Crippen molar-refractivity contribution in [2.75, 3.05) is 17.1 Å². The predicted octanol–water partition coefficient (Wildman–Crippen LogP) is 3.09. The molecule has 0 radical (unpaired) electrons. The molecule has 0 fully saturated rings. The van der Waals surface area contributed by atoms with Gasteiger partial charge in [-0.1, -0.05) is 42.5 Å². The highest BCUT2D eigenvalue weighted by Crippen LogP contribution is 2.30. The van der Waals surface area contributed by atoms with Gasteiger partial charge in [0.25, 0.3) is 5.91 Å². The molecule has 1 aliphatic rings. The van der Waals surface area contributed by atoms with Crippen molar-refractivity contribution >= 4 is 32.4 Å². The summed E-state index contributed by atoms with van der Waals surface area (Å²) < 4.78 is 25.0. The minimum absolute atomic E-state index is 0.163. The van der Waals surface area contributed by atoms with E-state index < -0.39 is 10.0 Å². The average Bonchev–Trinajstić information content (AvgIpc) is 3.09. The summed E-state index contributed by atoms with van der Waals surface area (Å²) in [4.78, 5) is 12.6. The van der Waals surface area contributed by atoms with Crippen molar-refractivity contribution in [3.8, 4) is 0 Å². The van der Waals surface area contributed by atoms with Gasteiger partial charge in [-0.3, -0.25) is 9.10 Å². The Labute approximate surface area is 158 Å². The van der Waals surface area contributed by atoms with Crippen LogP contribution in [0, 0.1) is 0 Å². The number of nitrogens with zero attached hydrogens (tertiary/aromatic N) is 1. The van der Waals surface area contributed by atoms with Gasteiger partial charge >= 0.3 is 0 Å². The van der Waals surface area contributed by atoms with Crippen LogP contribution in [0.1, 0.15) is 21.5 Å². The van der Waals surface area contributed by atoms with E-state index in [4.69, 9.17) is 0 Å². The Hall–Kier alpha value is -2.86. The number of hydrogen-bond donors (Lipinski definition) is 1. The lowest BCUT2D eigenvalue weighted by molar-refractivity contribution is 0.0951. The van der Waals surface area contributed by atoms with Crippen molar-refractivity contribution in [2.45, 2.75) is 13.0 Å². The van der Waals surface area contributed by atoms with E-state index in [1.807, 2.05) is 30.3 Å². The maximum atomic E-state index is 12.6. The first-order valence-electron chi connectivity index (χ1n) is 8.79. The molecule has 0 unspecified atom stereocenters. The fourth-order valence-corrected chi connectivity index (χ4v) is 4.54. The maximum absolute atomic E-state index is 12.6. The van der Waals surface area contributed by atoms with Gasteiger partial charge in [-0.05, 0) is 46.5 Å². The number of carbonyl (C=O) groups is 1. The molecule has 1 amide bonds. The van der Waals surface area contributed by atoms with Gasteiger partial charge in [0.1, 0.15) is 0 Å². The normalized spacial score (nSPS) is 13.6. The van der Waals surface area contributed by atoms with Crippen LogP contribution >= 0.6 is 0 Å². The SMILES string of the molecule is CS(=O)(=O)N1CCc2cc(C(=O)NCc3cccc4ccccc34)ccc21. The van der Waals surface area contributed by atoms with Gasteiger partial charge in [-0.2, -0.15) is 0 Å². The third-order valence-corrected chi connectivity index (χ3v) is 6.09. The van der Waals surface area contributed by atoms with E-state index in [1.54, 1.807) is 18.2 Å². The van der Waals surface area contributed by atoms with Crippen LogP contribution in [0.15, 0.2) is 60.7 Å². The summed E-state index contributed by atoms with van der Waals surface area (Å²) in [5.41, 5.74) is 3.16. The molecule has 27 heavy (non-hydrogen) atoms. The molecule has 0 atom stereocenters. The predicted molar refractivity (Wildman–Crippen MR) is 107 cm³/mol. The molecule has 1 N–H and O–H groups in total. The van der Waals surface area contributed by atoms with Crippen molar-refractivity contribution in [2.24, 2.45) is 0 Å². The van der Waals surface area contributed by atoms with Crippen molar-refractivity contribution < 1.29 is 13.2 Å². The van der Waals surface area contributed by atoms with Gasteiger partial charge in [0.05, 0.1) is 11.9 Å². The first kappa shape index (κ1) is 17.5. The minimum atomic E-state index is -3.28. The van der Waals surface area contributed by atoms with Crippen molar-refractivity contribution in [3.63, 3.8) is 0 Å². The van der Waals surface area contributed by atoms with E-state index in [9.17, 15) is 13.2 Å². The Morgan fingerprint density at radius 3 is 2.67 bits per heavy atom. The zero-order valence-corrected chi connectivity index (χ0v) is 15.8. The maximum Gasteiger partial charge on any atom is 0.251 e. The van der Waals surface area contributed by atoms with Crippen LogP contribution in [0.3, 0.4) is 0 Å². The molecule has 6 heteroatoms. The molecular weight excluding hydrogens is 360 g/mol. The van der Waals surface area contributed by atoms with E-state index >= 15 is 0 Å². The highest BCUT2D eigenvalue weighted by Gasteiger charge is 2.26. The topological polar surface area (TPSA) is 66.5 Å². The third kappa shape index (κ3) is 3.40. The number of fused-ring (bicyclic) bond motifs is 2. The monoisotopic (exact) mass is 380 g/mol. The molecule has 3 aromatic carbocycles. The highest BCUT2D eigenvalue weighted by atomic mass is 32.2. The smallest absolute Gasteiger partial charge is 0.251 e. The molecular formula is C21H20N2O3S. The summed E-state index contributed by atoms with van der Waals surface area (Å²) in [5.74, 6) is -0.163. The van der Waals surface area contributed by atoms with Crippen LogP contribution in [-0.4, -0.2) is 27.1 Å². The summed E-state index contributed by atoms with van der Waals surface area (Å²) in [5, 5.41) is 5.23. The Bertz CT molecular complexity index is 1130. The Balaban J connectivity index is 1.53. The van der Waals surface area contributed by atoms with E-state index in [0.717, 1.165) is 21.9 Å². The van der Waals surface area contributed by atoms with Gasteiger partial charge in [0.2, 0.25) is 10.0 Å². The Kier molecular flexibility index (Phi) is 4.36. The Morgan fingerprint density at radius 1 is 1.07 bits per heavy atom. The van der Waals surface area contributed by atoms with E-state index in [1.165, 1.54) is 10.6 Å². The van der Waals surface area contributed by atoms with E-state index in [2.05, 4.69) is 17.4 Å². The molecule has 4 rings (SSSR count). The summed E-state index contributed by atoms with van der Waals surface area (Å²) in [6, 6.07) is 19.3. The molecule has 0 saturated carbocycles. The molecule has 0 spiro atoms. The molecule has 0 aliphatic carbocycles. The largest absolute Gasteiger partial charge is 0.348 e. The van der Waals surface area contributed by atoms with Gasteiger partial charge < -0.3 is 5.32 Å². The molecule has 1 aliphatic heterocycles. The van der Waals surface area contributed by atoms with Crippen molar-refractivity contribution in [1.29, 1.82) is 0 Å². The lowest BCUT2D eigenvalue weighted by atomic mass is 10.0.